The molecule has 29 heavy (non-hydrogen) atoms. The first-order chi connectivity index (χ1) is 14.2. The van der Waals surface area contributed by atoms with Gasteiger partial charge in [0.15, 0.2) is 5.65 Å². The number of fused-ring (bicyclic) bond motifs is 2. The zero-order valence-electron chi connectivity index (χ0n) is 16.0. The van der Waals surface area contributed by atoms with E-state index in [1.807, 2.05) is 36.4 Å². The van der Waals surface area contributed by atoms with E-state index >= 15 is 0 Å². The van der Waals surface area contributed by atoms with Gasteiger partial charge in [-0.05, 0) is 34.9 Å². The number of nitrogens with one attached hydrogen (secondary N) is 1. The van der Waals surface area contributed by atoms with E-state index in [9.17, 15) is 4.79 Å². The second-order valence-corrected chi connectivity index (χ2v) is 6.96. The number of aromatic nitrogens is 3. The molecule has 0 spiro atoms. The number of aliphatic hydroxyl groups excluding tert-OH is 1. The first-order valence-corrected chi connectivity index (χ1v) is 9.62. The van der Waals surface area contributed by atoms with Crippen LogP contribution >= 0.6 is 0 Å². The Morgan fingerprint density at radius 3 is 2.76 bits per heavy atom. The van der Waals surface area contributed by atoms with Crippen molar-refractivity contribution in [3.05, 3.63) is 66.4 Å². The van der Waals surface area contributed by atoms with E-state index in [4.69, 9.17) is 10.8 Å². The summed E-state index contributed by atoms with van der Waals surface area (Å²) < 4.78 is 1.77. The molecule has 2 aromatic heterocycles. The number of amides is 1. The van der Waals surface area contributed by atoms with Gasteiger partial charge in [0.25, 0.3) is 0 Å². The van der Waals surface area contributed by atoms with Gasteiger partial charge in [0.1, 0.15) is 11.6 Å². The van der Waals surface area contributed by atoms with Gasteiger partial charge in [0.2, 0.25) is 11.9 Å². The van der Waals surface area contributed by atoms with Crippen molar-refractivity contribution in [2.75, 3.05) is 18.5 Å². The Morgan fingerprint density at radius 1 is 1.14 bits per heavy atom. The van der Waals surface area contributed by atoms with Gasteiger partial charge in [-0.2, -0.15) is 0 Å². The van der Waals surface area contributed by atoms with Gasteiger partial charge in [-0.1, -0.05) is 42.5 Å². The van der Waals surface area contributed by atoms with Crippen LogP contribution in [-0.4, -0.2) is 38.7 Å². The van der Waals surface area contributed by atoms with E-state index in [0.29, 0.717) is 36.5 Å². The lowest BCUT2D eigenvalue weighted by Gasteiger charge is -2.19. The third-order valence-electron chi connectivity index (χ3n) is 4.95. The van der Waals surface area contributed by atoms with E-state index in [2.05, 4.69) is 27.4 Å². The molecule has 0 saturated heterocycles. The summed E-state index contributed by atoms with van der Waals surface area (Å²) in [4.78, 5) is 21.5. The fourth-order valence-corrected chi connectivity index (χ4v) is 3.54. The van der Waals surface area contributed by atoms with Crippen LogP contribution in [0.5, 0.6) is 0 Å². The van der Waals surface area contributed by atoms with Gasteiger partial charge in [0, 0.05) is 25.8 Å². The largest absolute Gasteiger partial charge is 0.396 e. The molecule has 148 valence electrons. The third-order valence-corrected chi connectivity index (χ3v) is 4.95. The fourth-order valence-electron chi connectivity index (χ4n) is 3.54. The van der Waals surface area contributed by atoms with Gasteiger partial charge in [0.05, 0.1) is 0 Å². The van der Waals surface area contributed by atoms with Crippen molar-refractivity contribution >= 4 is 33.8 Å². The maximum atomic E-state index is 12.5. The van der Waals surface area contributed by atoms with Gasteiger partial charge < -0.3 is 16.2 Å². The second-order valence-electron chi connectivity index (χ2n) is 6.96. The lowest BCUT2D eigenvalue weighted by molar-refractivity contribution is -0.121. The predicted octanol–water partition coefficient (Wildman–Crippen LogP) is 2.65. The van der Waals surface area contributed by atoms with Crippen LogP contribution in [0.1, 0.15) is 18.0 Å². The molecule has 2 aromatic carbocycles. The first-order valence-electron chi connectivity index (χ1n) is 9.62. The summed E-state index contributed by atoms with van der Waals surface area (Å²) in [6.45, 7) is 0.600. The zero-order chi connectivity index (χ0) is 20.2. The minimum Gasteiger partial charge on any atom is -0.396 e. The number of hydrogen-bond acceptors (Lipinski definition) is 5. The Hall–Kier alpha value is -3.45. The van der Waals surface area contributed by atoms with Crippen molar-refractivity contribution in [1.29, 1.82) is 0 Å². The number of rotatable bonds is 8. The molecule has 0 aliphatic heterocycles. The lowest BCUT2D eigenvalue weighted by Crippen LogP contribution is -2.29. The van der Waals surface area contributed by atoms with Crippen LogP contribution in [-0.2, 0) is 11.2 Å². The number of carbonyl (C=O) groups excluding carboxylic acids is 1. The number of primary amides is 1. The minimum absolute atomic E-state index is 0.0712. The Kier molecular flexibility index (Phi) is 5.39. The number of pyridine rings is 1. The highest BCUT2D eigenvalue weighted by Crippen LogP contribution is 2.27. The molecule has 0 radical (unpaired) electrons. The van der Waals surface area contributed by atoms with Gasteiger partial charge in [-0.3, -0.25) is 9.36 Å². The standard InChI is InChI=1S/C22H23N5O2/c23-20(29)19(14-15-8-9-16-5-1-2-6-17(16)13-15)27-21-18(7-3-10-24-21)26-22(27)25-11-4-12-28/h1-3,5-10,13,19,28H,4,11-12,14H2,(H2,23,29)(H,25,26). The Balaban J connectivity index is 1.74. The number of benzene rings is 2. The zero-order valence-corrected chi connectivity index (χ0v) is 16.0. The molecule has 2 heterocycles. The molecular formula is C22H23N5O2. The Labute approximate surface area is 168 Å². The molecule has 1 unspecified atom stereocenters. The summed E-state index contributed by atoms with van der Waals surface area (Å²) >= 11 is 0. The van der Waals surface area contributed by atoms with Crippen molar-refractivity contribution in [2.24, 2.45) is 5.73 Å². The van der Waals surface area contributed by atoms with Gasteiger partial charge in [-0.15, -0.1) is 0 Å². The molecule has 1 atom stereocenters. The predicted molar refractivity (Wildman–Crippen MR) is 114 cm³/mol. The molecule has 0 aliphatic carbocycles. The van der Waals surface area contributed by atoms with E-state index in [0.717, 1.165) is 16.3 Å². The molecule has 0 aliphatic rings. The molecule has 4 N–H and O–H groups in total. The van der Waals surface area contributed by atoms with E-state index in [1.54, 1.807) is 16.8 Å². The number of aliphatic hydroxyl groups is 1. The van der Waals surface area contributed by atoms with Crippen LogP contribution in [0.25, 0.3) is 21.9 Å². The molecule has 0 bridgehead atoms. The molecule has 7 nitrogen and oxygen atoms in total. The summed E-state index contributed by atoms with van der Waals surface area (Å²) in [5.74, 6) is 0.0741. The average Bonchev–Trinajstić information content (AvgIpc) is 3.10. The number of carbonyl (C=O) groups is 1. The second kappa shape index (κ2) is 8.28. The number of nitrogens with zero attached hydrogens (tertiary/aromatic N) is 3. The van der Waals surface area contributed by atoms with Crippen LogP contribution in [0.2, 0.25) is 0 Å². The number of hydrogen-bond donors (Lipinski definition) is 3. The Morgan fingerprint density at radius 2 is 1.97 bits per heavy atom. The van der Waals surface area contributed by atoms with E-state index in [1.165, 1.54) is 0 Å². The van der Waals surface area contributed by atoms with Crippen LogP contribution in [0.15, 0.2) is 60.8 Å². The number of imidazole rings is 1. The molecule has 1 amide bonds. The maximum Gasteiger partial charge on any atom is 0.241 e. The van der Waals surface area contributed by atoms with E-state index < -0.39 is 11.9 Å². The monoisotopic (exact) mass is 389 g/mol. The van der Waals surface area contributed by atoms with E-state index in [-0.39, 0.29) is 6.61 Å². The topological polar surface area (TPSA) is 106 Å². The van der Waals surface area contributed by atoms with Crippen molar-refractivity contribution in [2.45, 2.75) is 18.9 Å². The SMILES string of the molecule is NC(=O)C(Cc1ccc2ccccc2c1)n1c(NCCCO)nc2cccnc21. The first kappa shape index (κ1) is 18.9. The van der Waals surface area contributed by atoms with Gasteiger partial charge >= 0.3 is 0 Å². The molecule has 4 rings (SSSR count). The molecule has 7 heteroatoms. The highest BCUT2D eigenvalue weighted by Gasteiger charge is 2.25. The van der Waals surface area contributed by atoms with Crippen LogP contribution in [0, 0.1) is 0 Å². The number of nitrogens with two attached hydrogens (primary N) is 1. The summed E-state index contributed by atoms with van der Waals surface area (Å²) in [6.07, 6.45) is 2.67. The van der Waals surface area contributed by atoms with Crippen molar-refractivity contribution in [3.8, 4) is 0 Å². The highest BCUT2D eigenvalue weighted by atomic mass is 16.3. The van der Waals surface area contributed by atoms with Crippen LogP contribution < -0.4 is 11.1 Å². The van der Waals surface area contributed by atoms with Crippen molar-refractivity contribution in [1.82, 2.24) is 14.5 Å². The lowest BCUT2D eigenvalue weighted by atomic mass is 10.0. The summed E-state index contributed by atoms with van der Waals surface area (Å²) in [7, 11) is 0. The Bertz CT molecular complexity index is 1150. The van der Waals surface area contributed by atoms with Crippen molar-refractivity contribution in [3.63, 3.8) is 0 Å². The van der Waals surface area contributed by atoms with Crippen molar-refractivity contribution < 1.29 is 9.90 Å². The smallest absolute Gasteiger partial charge is 0.241 e. The maximum absolute atomic E-state index is 12.5. The highest BCUT2D eigenvalue weighted by molar-refractivity contribution is 5.85. The molecule has 4 aromatic rings. The average molecular weight is 389 g/mol. The normalized spacial score (nSPS) is 12.3. The molecule has 0 fully saturated rings. The summed E-state index contributed by atoms with van der Waals surface area (Å²) in [5, 5.41) is 14.5. The summed E-state index contributed by atoms with van der Waals surface area (Å²) in [6, 6.07) is 17.3. The fraction of sp³-hybridized carbons (Fsp3) is 0.227. The number of anilines is 1. The van der Waals surface area contributed by atoms with Gasteiger partial charge in [-0.25, -0.2) is 9.97 Å². The quantitative estimate of drug-likeness (QED) is 0.402. The van der Waals surface area contributed by atoms with Crippen LogP contribution in [0.4, 0.5) is 5.95 Å². The third kappa shape index (κ3) is 3.90. The van der Waals surface area contributed by atoms with Crippen LogP contribution in [0.3, 0.4) is 0 Å². The molecule has 0 saturated carbocycles. The molecular weight excluding hydrogens is 366 g/mol. The summed E-state index contributed by atoms with van der Waals surface area (Å²) in [5.41, 5.74) is 8.11. The minimum atomic E-state index is -0.646.